The standard InChI is InChI=1S/C28H31N3O3/c1-19-13-14-21(3)26(17-19)34-18-27(32)29-22(4)28-30-23-10-6-7-11-24(23)31(28)15-16-33-25-12-8-5-9-20(25)2/h5-14,17,22H,15-16,18H2,1-4H3,(H,29,32). The Morgan fingerprint density at radius 1 is 0.941 bits per heavy atom. The fraction of sp³-hybridized carbons (Fsp3) is 0.286. The molecule has 0 spiro atoms. The van der Waals surface area contributed by atoms with Gasteiger partial charge in [-0.15, -0.1) is 0 Å². The van der Waals surface area contributed by atoms with Crippen LogP contribution in [0.4, 0.5) is 0 Å². The van der Waals surface area contributed by atoms with Crippen LogP contribution in [0.1, 0.15) is 35.5 Å². The third kappa shape index (κ3) is 5.39. The highest BCUT2D eigenvalue weighted by Crippen LogP contribution is 2.22. The maximum Gasteiger partial charge on any atom is 0.258 e. The molecule has 34 heavy (non-hydrogen) atoms. The van der Waals surface area contributed by atoms with Gasteiger partial charge in [0.1, 0.15) is 23.9 Å². The predicted octanol–water partition coefficient (Wildman–Crippen LogP) is 5.30. The molecule has 0 aliphatic rings. The average Bonchev–Trinajstić information content (AvgIpc) is 3.20. The third-order valence-corrected chi connectivity index (χ3v) is 5.82. The molecule has 1 amide bonds. The quantitative estimate of drug-likeness (QED) is 0.371. The fourth-order valence-electron chi connectivity index (χ4n) is 3.98. The van der Waals surface area contributed by atoms with Gasteiger partial charge in [-0.1, -0.05) is 42.5 Å². The second kappa shape index (κ2) is 10.4. The van der Waals surface area contributed by atoms with Crippen LogP contribution in [-0.2, 0) is 11.3 Å². The minimum atomic E-state index is -0.291. The molecule has 1 heterocycles. The van der Waals surface area contributed by atoms with Crippen LogP contribution in [0.25, 0.3) is 11.0 Å². The molecule has 0 radical (unpaired) electrons. The smallest absolute Gasteiger partial charge is 0.258 e. The largest absolute Gasteiger partial charge is 0.491 e. The third-order valence-electron chi connectivity index (χ3n) is 5.82. The lowest BCUT2D eigenvalue weighted by Crippen LogP contribution is -2.33. The number of ether oxygens (including phenoxy) is 2. The average molecular weight is 458 g/mol. The van der Waals surface area contributed by atoms with E-state index >= 15 is 0 Å². The number of carbonyl (C=O) groups is 1. The summed E-state index contributed by atoms with van der Waals surface area (Å²) >= 11 is 0. The number of hydrogen-bond donors (Lipinski definition) is 1. The van der Waals surface area contributed by atoms with E-state index in [0.717, 1.165) is 45.0 Å². The number of hydrogen-bond acceptors (Lipinski definition) is 4. The lowest BCUT2D eigenvalue weighted by atomic mass is 10.1. The van der Waals surface area contributed by atoms with Crippen molar-refractivity contribution in [2.24, 2.45) is 0 Å². The highest BCUT2D eigenvalue weighted by molar-refractivity contribution is 5.79. The minimum absolute atomic E-state index is 0.0503. The van der Waals surface area contributed by atoms with Crippen molar-refractivity contribution in [1.29, 1.82) is 0 Å². The van der Waals surface area contributed by atoms with E-state index in [-0.39, 0.29) is 18.6 Å². The van der Waals surface area contributed by atoms with Crippen LogP contribution in [0.2, 0.25) is 0 Å². The lowest BCUT2D eigenvalue weighted by Gasteiger charge is -2.17. The number of para-hydroxylation sites is 3. The number of rotatable bonds is 9. The SMILES string of the molecule is Cc1ccc(C)c(OCC(=O)NC(C)c2nc3ccccc3n2CCOc2ccccc2C)c1. The Balaban J connectivity index is 1.45. The monoisotopic (exact) mass is 457 g/mol. The molecule has 4 rings (SSSR count). The Morgan fingerprint density at radius 3 is 2.50 bits per heavy atom. The fourth-order valence-corrected chi connectivity index (χ4v) is 3.98. The molecule has 0 aliphatic carbocycles. The molecule has 176 valence electrons. The molecule has 0 fully saturated rings. The molecule has 0 aliphatic heterocycles. The predicted molar refractivity (Wildman–Crippen MR) is 134 cm³/mol. The number of fused-ring (bicyclic) bond motifs is 1. The lowest BCUT2D eigenvalue weighted by molar-refractivity contribution is -0.123. The van der Waals surface area contributed by atoms with Gasteiger partial charge in [-0.2, -0.15) is 0 Å². The number of aryl methyl sites for hydroxylation is 3. The molecule has 1 unspecified atom stereocenters. The van der Waals surface area contributed by atoms with Crippen LogP contribution < -0.4 is 14.8 Å². The number of aromatic nitrogens is 2. The molecule has 0 saturated heterocycles. The van der Waals surface area contributed by atoms with Crippen LogP contribution in [0.15, 0.2) is 66.7 Å². The molecule has 3 aromatic carbocycles. The number of imidazole rings is 1. The van der Waals surface area contributed by atoms with Crippen molar-refractivity contribution < 1.29 is 14.3 Å². The number of carbonyl (C=O) groups excluding carboxylic acids is 1. The maximum atomic E-state index is 12.7. The van der Waals surface area contributed by atoms with Gasteiger partial charge < -0.3 is 19.4 Å². The van der Waals surface area contributed by atoms with E-state index < -0.39 is 0 Å². The first kappa shape index (κ1) is 23.4. The first-order valence-electron chi connectivity index (χ1n) is 11.6. The second-order valence-corrected chi connectivity index (χ2v) is 8.57. The van der Waals surface area contributed by atoms with Gasteiger partial charge in [0.2, 0.25) is 0 Å². The summed E-state index contributed by atoms with van der Waals surface area (Å²) in [4.78, 5) is 17.5. The topological polar surface area (TPSA) is 65.4 Å². The molecule has 0 bridgehead atoms. The summed E-state index contributed by atoms with van der Waals surface area (Å²) in [5.41, 5.74) is 5.10. The van der Waals surface area contributed by atoms with Gasteiger partial charge >= 0.3 is 0 Å². The van der Waals surface area contributed by atoms with E-state index in [4.69, 9.17) is 14.5 Å². The van der Waals surface area contributed by atoms with Crippen molar-refractivity contribution >= 4 is 16.9 Å². The van der Waals surface area contributed by atoms with Crippen molar-refractivity contribution in [2.45, 2.75) is 40.3 Å². The molecule has 1 N–H and O–H groups in total. The Morgan fingerprint density at radius 2 is 1.68 bits per heavy atom. The molecule has 4 aromatic rings. The molecule has 6 nitrogen and oxygen atoms in total. The molecular formula is C28H31N3O3. The number of nitrogens with one attached hydrogen (secondary N) is 1. The summed E-state index contributed by atoms with van der Waals surface area (Å²) in [6, 6.07) is 21.6. The summed E-state index contributed by atoms with van der Waals surface area (Å²) in [5.74, 6) is 2.19. The van der Waals surface area contributed by atoms with E-state index in [9.17, 15) is 4.79 Å². The van der Waals surface area contributed by atoms with E-state index in [1.54, 1.807) is 0 Å². The number of benzene rings is 3. The van der Waals surface area contributed by atoms with Gasteiger partial charge in [0.05, 0.1) is 23.6 Å². The highest BCUT2D eigenvalue weighted by Gasteiger charge is 2.19. The van der Waals surface area contributed by atoms with Crippen LogP contribution in [0.5, 0.6) is 11.5 Å². The number of nitrogens with zero attached hydrogens (tertiary/aromatic N) is 2. The first-order chi connectivity index (χ1) is 16.4. The van der Waals surface area contributed by atoms with E-state index in [1.807, 2.05) is 94.4 Å². The Kier molecular flexibility index (Phi) is 7.16. The van der Waals surface area contributed by atoms with Crippen LogP contribution >= 0.6 is 0 Å². The summed E-state index contributed by atoms with van der Waals surface area (Å²) in [6.45, 7) is 9.00. The van der Waals surface area contributed by atoms with E-state index in [1.165, 1.54) is 0 Å². The van der Waals surface area contributed by atoms with Gasteiger partial charge in [-0.3, -0.25) is 4.79 Å². The molecule has 1 aromatic heterocycles. The first-order valence-corrected chi connectivity index (χ1v) is 11.6. The van der Waals surface area contributed by atoms with Gasteiger partial charge in [0, 0.05) is 0 Å². The molecule has 1 atom stereocenters. The van der Waals surface area contributed by atoms with Gasteiger partial charge in [-0.05, 0) is 68.7 Å². The minimum Gasteiger partial charge on any atom is -0.491 e. The Bertz CT molecular complexity index is 1300. The summed E-state index contributed by atoms with van der Waals surface area (Å²) < 4.78 is 13.9. The van der Waals surface area contributed by atoms with Crippen LogP contribution in [0.3, 0.4) is 0 Å². The van der Waals surface area contributed by atoms with E-state index in [2.05, 4.69) is 9.88 Å². The summed E-state index contributed by atoms with van der Waals surface area (Å²) in [7, 11) is 0. The van der Waals surface area contributed by atoms with Crippen LogP contribution in [-0.4, -0.2) is 28.7 Å². The molecule has 0 saturated carbocycles. The highest BCUT2D eigenvalue weighted by atomic mass is 16.5. The van der Waals surface area contributed by atoms with Crippen molar-refractivity contribution in [3.8, 4) is 11.5 Å². The Labute approximate surface area is 200 Å². The molecule has 6 heteroatoms. The van der Waals surface area contributed by atoms with Crippen molar-refractivity contribution in [2.75, 3.05) is 13.2 Å². The molecular weight excluding hydrogens is 426 g/mol. The van der Waals surface area contributed by atoms with Crippen molar-refractivity contribution in [3.63, 3.8) is 0 Å². The second-order valence-electron chi connectivity index (χ2n) is 8.57. The zero-order chi connectivity index (χ0) is 24.1. The number of amides is 1. The van der Waals surface area contributed by atoms with Crippen molar-refractivity contribution in [3.05, 3.63) is 89.2 Å². The van der Waals surface area contributed by atoms with Gasteiger partial charge in [-0.25, -0.2) is 4.98 Å². The van der Waals surface area contributed by atoms with Crippen molar-refractivity contribution in [1.82, 2.24) is 14.9 Å². The summed E-state index contributed by atoms with van der Waals surface area (Å²) in [6.07, 6.45) is 0. The zero-order valence-corrected chi connectivity index (χ0v) is 20.2. The Hall–Kier alpha value is -3.80. The van der Waals surface area contributed by atoms with Gasteiger partial charge in [0.15, 0.2) is 6.61 Å². The van der Waals surface area contributed by atoms with Crippen LogP contribution in [0, 0.1) is 20.8 Å². The maximum absolute atomic E-state index is 12.7. The zero-order valence-electron chi connectivity index (χ0n) is 20.2. The van der Waals surface area contributed by atoms with E-state index in [0.29, 0.717) is 13.2 Å². The van der Waals surface area contributed by atoms with Gasteiger partial charge in [0.25, 0.3) is 5.91 Å². The normalized spacial score (nSPS) is 11.9. The summed E-state index contributed by atoms with van der Waals surface area (Å²) in [5, 5.41) is 3.03.